The summed E-state index contributed by atoms with van der Waals surface area (Å²) in [4.78, 5) is 13.4. The number of fused-ring (bicyclic) bond motifs is 1. The zero-order valence-corrected chi connectivity index (χ0v) is 15.9. The molecule has 4 nitrogen and oxygen atoms in total. The lowest BCUT2D eigenvalue weighted by Gasteiger charge is -2.07. The molecule has 0 spiro atoms. The Kier molecular flexibility index (Phi) is 4.68. The molecule has 2 heterocycles. The lowest BCUT2D eigenvalue weighted by molar-refractivity contribution is 0.0951. The van der Waals surface area contributed by atoms with E-state index in [0.717, 1.165) is 21.5 Å². The molecule has 2 aromatic heterocycles. The van der Waals surface area contributed by atoms with Gasteiger partial charge in [0, 0.05) is 34.9 Å². The van der Waals surface area contributed by atoms with Gasteiger partial charge >= 0.3 is 0 Å². The molecule has 0 atom stereocenters. The van der Waals surface area contributed by atoms with Crippen molar-refractivity contribution >= 4 is 39.7 Å². The van der Waals surface area contributed by atoms with Crippen LogP contribution in [0.2, 0.25) is 5.02 Å². The Balaban J connectivity index is 1.56. The van der Waals surface area contributed by atoms with Crippen LogP contribution in [0.1, 0.15) is 15.9 Å². The number of nitrogens with zero attached hydrogens (tertiary/aromatic N) is 2. The fraction of sp³-hybridized carbons (Fsp3) is 0.100. The van der Waals surface area contributed by atoms with Crippen LogP contribution >= 0.6 is 22.9 Å². The predicted molar refractivity (Wildman–Crippen MR) is 107 cm³/mol. The Labute approximate surface area is 164 Å². The fourth-order valence-electron chi connectivity index (χ4n) is 2.95. The third kappa shape index (κ3) is 3.34. The Morgan fingerprint density at radius 2 is 2.07 bits per heavy atom. The number of hydrogen-bond acceptors (Lipinski definition) is 3. The van der Waals surface area contributed by atoms with Crippen LogP contribution in [-0.4, -0.2) is 15.7 Å². The molecule has 0 aliphatic carbocycles. The number of hydrogen-bond donors (Lipinski definition) is 1. The van der Waals surface area contributed by atoms with Gasteiger partial charge in [0.2, 0.25) is 0 Å². The highest BCUT2D eigenvalue weighted by Crippen LogP contribution is 2.32. The molecule has 0 aliphatic rings. The second-order valence-electron chi connectivity index (χ2n) is 6.07. The van der Waals surface area contributed by atoms with Crippen molar-refractivity contribution in [3.05, 3.63) is 75.9 Å². The third-order valence-electron chi connectivity index (χ3n) is 4.34. The van der Waals surface area contributed by atoms with Crippen LogP contribution in [0.4, 0.5) is 4.39 Å². The van der Waals surface area contributed by atoms with Crippen molar-refractivity contribution in [1.29, 1.82) is 0 Å². The molecular weight excluding hydrogens is 385 g/mol. The molecule has 0 radical (unpaired) electrons. The average molecular weight is 400 g/mol. The lowest BCUT2D eigenvalue weighted by atomic mass is 10.1. The van der Waals surface area contributed by atoms with Gasteiger partial charge < -0.3 is 5.32 Å². The summed E-state index contributed by atoms with van der Waals surface area (Å²) in [5.74, 6) is -0.717. The number of carbonyl (C=O) groups excluding carboxylic acids is 1. The highest BCUT2D eigenvalue weighted by atomic mass is 35.5. The maximum absolute atomic E-state index is 13.8. The van der Waals surface area contributed by atoms with Gasteiger partial charge in [0.25, 0.3) is 5.91 Å². The van der Waals surface area contributed by atoms with E-state index in [-0.39, 0.29) is 18.0 Å². The largest absolute Gasteiger partial charge is 0.348 e. The van der Waals surface area contributed by atoms with Gasteiger partial charge in [-0.15, -0.1) is 11.3 Å². The molecular formula is C20H15ClFN3OS. The molecule has 0 fully saturated rings. The topological polar surface area (TPSA) is 46.9 Å². The monoisotopic (exact) mass is 399 g/mol. The summed E-state index contributed by atoms with van der Waals surface area (Å²) >= 11 is 7.45. The maximum Gasteiger partial charge on any atom is 0.252 e. The van der Waals surface area contributed by atoms with Gasteiger partial charge in [-0.1, -0.05) is 35.9 Å². The fourth-order valence-corrected chi connectivity index (χ4v) is 4.06. The number of benzene rings is 2. The van der Waals surface area contributed by atoms with Crippen LogP contribution in [0.25, 0.3) is 21.5 Å². The lowest BCUT2D eigenvalue weighted by Crippen LogP contribution is -2.23. The van der Waals surface area contributed by atoms with Gasteiger partial charge in [-0.05, 0) is 24.3 Å². The van der Waals surface area contributed by atoms with Crippen molar-refractivity contribution in [1.82, 2.24) is 15.1 Å². The highest BCUT2D eigenvalue weighted by Gasteiger charge is 2.16. The van der Waals surface area contributed by atoms with Gasteiger partial charge in [0.05, 0.1) is 16.0 Å². The summed E-state index contributed by atoms with van der Waals surface area (Å²) < 4.78 is 15.7. The number of amides is 1. The van der Waals surface area contributed by atoms with Crippen LogP contribution in [-0.2, 0) is 13.6 Å². The summed E-state index contributed by atoms with van der Waals surface area (Å²) in [6, 6.07) is 14.2. The zero-order valence-electron chi connectivity index (χ0n) is 14.4. The van der Waals surface area contributed by atoms with E-state index in [4.69, 9.17) is 11.6 Å². The van der Waals surface area contributed by atoms with Gasteiger partial charge in [0.15, 0.2) is 0 Å². The second kappa shape index (κ2) is 7.13. The molecule has 1 N–H and O–H groups in total. The van der Waals surface area contributed by atoms with E-state index < -0.39 is 5.82 Å². The summed E-state index contributed by atoms with van der Waals surface area (Å²) in [5.41, 5.74) is 2.66. The molecule has 7 heteroatoms. The number of aromatic nitrogens is 2. The van der Waals surface area contributed by atoms with E-state index in [1.807, 2.05) is 36.0 Å². The van der Waals surface area contributed by atoms with Crippen molar-refractivity contribution in [2.45, 2.75) is 6.54 Å². The first-order chi connectivity index (χ1) is 13.0. The highest BCUT2D eigenvalue weighted by molar-refractivity contribution is 7.14. The van der Waals surface area contributed by atoms with Gasteiger partial charge in [0.1, 0.15) is 11.5 Å². The molecule has 4 aromatic rings. The van der Waals surface area contributed by atoms with E-state index >= 15 is 0 Å². The molecule has 0 saturated carbocycles. The summed E-state index contributed by atoms with van der Waals surface area (Å²) in [6.07, 6.45) is 0. The first-order valence-corrected chi connectivity index (χ1v) is 9.52. The van der Waals surface area contributed by atoms with E-state index in [9.17, 15) is 9.18 Å². The van der Waals surface area contributed by atoms with Gasteiger partial charge in [-0.3, -0.25) is 9.48 Å². The van der Waals surface area contributed by atoms with E-state index in [1.54, 1.807) is 17.5 Å². The quantitative estimate of drug-likeness (QED) is 0.523. The molecule has 1 amide bonds. The first-order valence-electron chi connectivity index (χ1n) is 8.26. The van der Waals surface area contributed by atoms with Crippen LogP contribution < -0.4 is 5.32 Å². The summed E-state index contributed by atoms with van der Waals surface area (Å²) in [5, 5.41) is 10.4. The molecule has 136 valence electrons. The SMILES string of the molecule is Cn1nc(-c2cc(C(=O)NCc3c(F)cccc3Cl)cs2)c2ccccc21. The number of thiophene rings is 1. The minimum Gasteiger partial charge on any atom is -0.348 e. The predicted octanol–water partition coefficient (Wildman–Crippen LogP) is 5.02. The number of carbonyl (C=O) groups is 1. The van der Waals surface area contributed by atoms with Crippen LogP contribution in [0, 0.1) is 5.82 Å². The Morgan fingerprint density at radius 3 is 2.89 bits per heavy atom. The molecule has 0 saturated heterocycles. The molecule has 0 aliphatic heterocycles. The van der Waals surface area contributed by atoms with E-state index in [1.165, 1.54) is 23.5 Å². The van der Waals surface area contributed by atoms with Crippen molar-refractivity contribution in [3.63, 3.8) is 0 Å². The molecule has 0 bridgehead atoms. The number of halogens is 2. The standard InChI is InChI=1S/C20H15ClFN3OS/c1-25-17-8-3-2-5-13(17)19(24-25)18-9-12(11-27-18)20(26)23-10-14-15(21)6-4-7-16(14)22/h2-9,11H,10H2,1H3,(H,23,26). The number of aryl methyl sites for hydroxylation is 1. The third-order valence-corrected chi connectivity index (χ3v) is 5.63. The minimum atomic E-state index is -0.436. The van der Waals surface area contributed by atoms with Crippen LogP contribution in [0.5, 0.6) is 0 Å². The normalized spacial score (nSPS) is 11.1. The van der Waals surface area contributed by atoms with E-state index in [0.29, 0.717) is 10.6 Å². The van der Waals surface area contributed by atoms with Crippen molar-refractivity contribution in [2.75, 3.05) is 0 Å². The number of rotatable bonds is 4. The van der Waals surface area contributed by atoms with Crippen molar-refractivity contribution in [2.24, 2.45) is 7.05 Å². The van der Waals surface area contributed by atoms with E-state index in [2.05, 4.69) is 10.4 Å². The van der Waals surface area contributed by atoms with Crippen molar-refractivity contribution < 1.29 is 9.18 Å². The van der Waals surface area contributed by atoms with Crippen LogP contribution in [0.15, 0.2) is 53.9 Å². The van der Waals surface area contributed by atoms with Gasteiger partial charge in [-0.25, -0.2) is 4.39 Å². The number of nitrogens with one attached hydrogen (secondary N) is 1. The maximum atomic E-state index is 13.8. The van der Waals surface area contributed by atoms with Gasteiger partial charge in [-0.2, -0.15) is 5.10 Å². The Bertz CT molecular complexity index is 1130. The second-order valence-corrected chi connectivity index (χ2v) is 7.39. The van der Waals surface area contributed by atoms with Crippen molar-refractivity contribution in [3.8, 4) is 10.6 Å². The molecule has 2 aromatic carbocycles. The number of para-hydroxylation sites is 1. The Hall–Kier alpha value is -2.70. The summed E-state index contributed by atoms with van der Waals surface area (Å²) in [6.45, 7) is 0.0298. The summed E-state index contributed by atoms with van der Waals surface area (Å²) in [7, 11) is 1.89. The zero-order chi connectivity index (χ0) is 19.0. The Morgan fingerprint density at radius 1 is 1.26 bits per heavy atom. The smallest absolute Gasteiger partial charge is 0.252 e. The molecule has 0 unspecified atom stereocenters. The molecule has 4 rings (SSSR count). The first kappa shape index (κ1) is 17.7. The average Bonchev–Trinajstić information content (AvgIpc) is 3.27. The minimum absolute atomic E-state index is 0.0298. The molecule has 27 heavy (non-hydrogen) atoms. The van der Waals surface area contributed by atoms with Crippen LogP contribution in [0.3, 0.4) is 0 Å².